The van der Waals surface area contributed by atoms with Gasteiger partial charge in [-0.15, -0.1) is 0 Å². The Balaban J connectivity index is 1.70. The Hall–Kier alpha value is -1.15. The lowest BCUT2D eigenvalue weighted by Gasteiger charge is -2.33. The van der Waals surface area contributed by atoms with Crippen LogP contribution in [0.5, 0.6) is 0 Å². The maximum absolute atomic E-state index is 13.2. The predicted octanol–water partition coefficient (Wildman–Crippen LogP) is 4.05. The zero-order valence-electron chi connectivity index (χ0n) is 11.5. The molecule has 1 unspecified atom stereocenters. The first kappa shape index (κ1) is 12.9. The lowest BCUT2D eigenvalue weighted by Crippen LogP contribution is -2.38. The van der Waals surface area contributed by atoms with Crippen molar-refractivity contribution in [3.05, 3.63) is 41.7 Å². The molecule has 0 N–H and O–H groups in total. The van der Waals surface area contributed by atoms with Gasteiger partial charge in [-0.1, -0.05) is 18.2 Å². The van der Waals surface area contributed by atoms with Crippen molar-refractivity contribution in [1.82, 2.24) is 4.90 Å². The Kier molecular flexibility index (Phi) is 3.69. The smallest absolute Gasteiger partial charge is 0.131 e. The summed E-state index contributed by atoms with van der Waals surface area (Å²) in [7, 11) is 0. The van der Waals surface area contributed by atoms with Crippen molar-refractivity contribution in [2.24, 2.45) is 0 Å². The van der Waals surface area contributed by atoms with Crippen LogP contribution < -0.4 is 0 Å². The van der Waals surface area contributed by atoms with Crippen molar-refractivity contribution in [3.63, 3.8) is 0 Å². The van der Waals surface area contributed by atoms with Gasteiger partial charge < -0.3 is 0 Å². The summed E-state index contributed by atoms with van der Waals surface area (Å²) in [5.74, 6) is -0.256. The van der Waals surface area contributed by atoms with Gasteiger partial charge in [-0.05, 0) is 62.8 Å². The molecule has 1 radical (unpaired) electrons. The predicted molar refractivity (Wildman–Crippen MR) is 76.3 cm³/mol. The van der Waals surface area contributed by atoms with Crippen molar-refractivity contribution >= 4 is 5.57 Å². The third-order valence-electron chi connectivity index (χ3n) is 4.59. The number of likely N-dealkylation sites (tertiary alicyclic amines) is 1. The number of benzene rings is 1. The van der Waals surface area contributed by atoms with Crippen LogP contribution in [0.3, 0.4) is 0 Å². The molecule has 3 rings (SSSR count). The second-order valence-corrected chi connectivity index (χ2v) is 5.81. The topological polar surface area (TPSA) is 3.24 Å². The van der Waals surface area contributed by atoms with Crippen molar-refractivity contribution in [2.45, 2.75) is 51.1 Å². The van der Waals surface area contributed by atoms with E-state index in [0.29, 0.717) is 6.04 Å². The Morgan fingerprint density at radius 2 is 2.26 bits per heavy atom. The molecular weight excluding hydrogens is 237 g/mol. The lowest BCUT2D eigenvalue weighted by molar-refractivity contribution is 0.179. The van der Waals surface area contributed by atoms with E-state index in [1.165, 1.54) is 31.4 Å². The minimum Gasteiger partial charge on any atom is -0.297 e. The van der Waals surface area contributed by atoms with Crippen LogP contribution >= 0.6 is 0 Å². The molecule has 2 atom stereocenters. The molecule has 1 aliphatic heterocycles. The normalized spacial score (nSPS) is 28.4. The second kappa shape index (κ2) is 5.46. The first-order chi connectivity index (χ1) is 9.24. The fraction of sp³-hybridized carbons (Fsp3) is 0.529. The molecule has 1 fully saturated rings. The first-order valence-corrected chi connectivity index (χ1v) is 7.36. The Morgan fingerprint density at radius 3 is 2.89 bits per heavy atom. The number of rotatable bonds is 2. The molecule has 1 aliphatic carbocycles. The number of nitrogens with zero attached hydrogens (tertiary/aromatic N) is 1. The van der Waals surface area contributed by atoms with Gasteiger partial charge in [0.25, 0.3) is 0 Å². The number of hydrogen-bond acceptors (Lipinski definition) is 1. The summed E-state index contributed by atoms with van der Waals surface area (Å²) in [5, 5.41) is 0. The van der Waals surface area contributed by atoms with Gasteiger partial charge in [0, 0.05) is 18.2 Å². The zero-order chi connectivity index (χ0) is 13.2. The van der Waals surface area contributed by atoms with Crippen LogP contribution in [-0.2, 0) is 0 Å². The van der Waals surface area contributed by atoms with Crippen LogP contribution in [0.4, 0.5) is 4.39 Å². The molecule has 1 aromatic carbocycles. The average Bonchev–Trinajstić information content (AvgIpc) is 2.85. The van der Waals surface area contributed by atoms with Gasteiger partial charge in [0.05, 0.1) is 0 Å². The van der Waals surface area contributed by atoms with E-state index < -0.39 is 0 Å². The Bertz CT molecular complexity index is 480. The average molecular weight is 258 g/mol. The molecule has 0 aromatic heterocycles. The summed E-state index contributed by atoms with van der Waals surface area (Å²) in [6.45, 7) is 3.60. The maximum atomic E-state index is 13.2. The molecule has 0 spiro atoms. The van der Waals surface area contributed by atoms with Crippen LogP contribution in [0.25, 0.3) is 5.57 Å². The zero-order valence-corrected chi connectivity index (χ0v) is 11.5. The van der Waals surface area contributed by atoms with Gasteiger partial charge in [-0.2, -0.15) is 0 Å². The number of halogens is 1. The second-order valence-electron chi connectivity index (χ2n) is 5.81. The minimum absolute atomic E-state index is 0.256. The van der Waals surface area contributed by atoms with Crippen LogP contribution in [0.2, 0.25) is 0 Å². The van der Waals surface area contributed by atoms with E-state index in [1.54, 1.807) is 12.1 Å². The number of allylic oxidation sites excluding steroid dienone is 1. The van der Waals surface area contributed by atoms with E-state index in [1.807, 2.05) is 6.07 Å². The molecule has 2 heteroatoms. The monoisotopic (exact) mass is 258 g/mol. The molecule has 1 saturated heterocycles. The highest BCUT2D eigenvalue weighted by atomic mass is 19.1. The molecule has 19 heavy (non-hydrogen) atoms. The minimum atomic E-state index is -0.256. The van der Waals surface area contributed by atoms with E-state index in [2.05, 4.69) is 24.0 Å². The van der Waals surface area contributed by atoms with Crippen molar-refractivity contribution in [2.75, 3.05) is 6.54 Å². The summed E-state index contributed by atoms with van der Waals surface area (Å²) in [6.07, 6.45) is 8.38. The summed E-state index contributed by atoms with van der Waals surface area (Å²) in [6, 6.07) is 9.25. The van der Waals surface area contributed by atoms with Gasteiger partial charge in [-0.25, -0.2) is 4.39 Å². The largest absolute Gasteiger partial charge is 0.297 e. The summed E-state index contributed by atoms with van der Waals surface area (Å²) in [4.78, 5) is 2.66. The Morgan fingerprint density at radius 1 is 1.37 bits per heavy atom. The number of hydrogen-bond donors (Lipinski definition) is 0. The van der Waals surface area contributed by atoms with Crippen LogP contribution in [-0.4, -0.2) is 23.5 Å². The highest BCUT2D eigenvalue weighted by Crippen LogP contribution is 2.32. The molecule has 1 aromatic rings. The maximum Gasteiger partial charge on any atom is 0.131 e. The summed E-state index contributed by atoms with van der Waals surface area (Å²) < 4.78 is 13.2. The molecule has 2 aliphatic rings. The van der Waals surface area contributed by atoms with Crippen molar-refractivity contribution in [3.8, 4) is 0 Å². The van der Waals surface area contributed by atoms with E-state index in [9.17, 15) is 4.39 Å². The van der Waals surface area contributed by atoms with Gasteiger partial charge >= 0.3 is 0 Å². The molecular formula is C17H21FN. The third-order valence-corrected chi connectivity index (χ3v) is 4.59. The lowest BCUT2D eigenvalue weighted by atomic mass is 9.89. The molecule has 0 saturated carbocycles. The molecule has 0 amide bonds. The van der Waals surface area contributed by atoms with Gasteiger partial charge in [0.15, 0.2) is 0 Å². The van der Waals surface area contributed by atoms with E-state index in [-0.39, 0.29) is 5.82 Å². The SMILES string of the molecule is C[C@H]1CCCN1C1CC=C(c2cc[c]c(F)c2)CC1. The fourth-order valence-electron chi connectivity index (χ4n) is 3.52. The van der Waals surface area contributed by atoms with E-state index in [4.69, 9.17) is 0 Å². The Labute approximate surface area is 115 Å². The third kappa shape index (κ3) is 2.74. The molecule has 1 nitrogen and oxygen atoms in total. The fourth-order valence-corrected chi connectivity index (χ4v) is 3.52. The van der Waals surface area contributed by atoms with Gasteiger partial charge in [0.1, 0.15) is 5.82 Å². The van der Waals surface area contributed by atoms with Gasteiger partial charge in [0.2, 0.25) is 0 Å². The van der Waals surface area contributed by atoms with Crippen molar-refractivity contribution in [1.29, 1.82) is 0 Å². The highest BCUT2D eigenvalue weighted by Gasteiger charge is 2.28. The summed E-state index contributed by atoms with van der Waals surface area (Å²) >= 11 is 0. The molecule has 0 bridgehead atoms. The standard InChI is InChI=1S/C17H21FN/c1-13-4-3-11-19(13)17-9-7-14(8-10-17)15-5-2-6-16(18)12-15/h2,5,7,12-13,17H,3-4,8-11H2,1H3/t13-,17?/m0/s1. The van der Waals surface area contributed by atoms with E-state index in [0.717, 1.165) is 24.4 Å². The molecule has 101 valence electrons. The van der Waals surface area contributed by atoms with Crippen LogP contribution in [0.1, 0.15) is 44.6 Å². The van der Waals surface area contributed by atoms with Gasteiger partial charge in [-0.3, -0.25) is 4.90 Å². The first-order valence-electron chi connectivity index (χ1n) is 7.36. The van der Waals surface area contributed by atoms with Crippen molar-refractivity contribution < 1.29 is 4.39 Å². The summed E-state index contributed by atoms with van der Waals surface area (Å²) in [5.41, 5.74) is 2.33. The van der Waals surface area contributed by atoms with E-state index >= 15 is 0 Å². The van der Waals surface area contributed by atoms with Crippen LogP contribution in [0.15, 0.2) is 24.3 Å². The van der Waals surface area contributed by atoms with Crippen LogP contribution in [0, 0.1) is 11.9 Å². The quantitative estimate of drug-likeness (QED) is 0.773. The molecule has 1 heterocycles. The highest BCUT2D eigenvalue weighted by molar-refractivity contribution is 5.66.